The second kappa shape index (κ2) is 8.34. The van der Waals surface area contributed by atoms with Crippen LogP contribution in [0.15, 0.2) is 58.8 Å². The summed E-state index contributed by atoms with van der Waals surface area (Å²) in [5.74, 6) is -18.5. The lowest BCUT2D eigenvalue weighted by atomic mass is 10.1. The van der Waals surface area contributed by atoms with Gasteiger partial charge in [0.25, 0.3) is 0 Å². The van der Waals surface area contributed by atoms with Crippen LogP contribution in [0.3, 0.4) is 0 Å². The second-order valence-electron chi connectivity index (χ2n) is 6.02. The molecule has 2 rings (SSSR count). The highest BCUT2D eigenvalue weighted by molar-refractivity contribution is 5.43. The predicted octanol–water partition coefficient (Wildman–Crippen LogP) is 6.96. The van der Waals surface area contributed by atoms with E-state index in [0.29, 0.717) is 5.69 Å². The zero-order valence-corrected chi connectivity index (χ0v) is 14.7. The molecule has 0 aromatic heterocycles. The van der Waals surface area contributed by atoms with Gasteiger partial charge in [-0.15, -0.1) is 0 Å². The lowest BCUT2D eigenvalue weighted by Gasteiger charge is -2.31. The summed E-state index contributed by atoms with van der Waals surface area (Å²) in [6.07, 6.45) is -4.97. The van der Waals surface area contributed by atoms with Crippen LogP contribution in [0, 0.1) is 6.92 Å². The Morgan fingerprint density at radius 1 is 0.793 bits per heavy atom. The fourth-order valence-electron chi connectivity index (χ4n) is 1.98. The lowest BCUT2D eigenvalue weighted by Crippen LogP contribution is -2.59. The highest BCUT2D eigenvalue weighted by Crippen LogP contribution is 2.48. The van der Waals surface area contributed by atoms with Gasteiger partial charge in [0.2, 0.25) is 0 Å². The van der Waals surface area contributed by atoms with Crippen molar-refractivity contribution in [2.24, 2.45) is 10.2 Å². The van der Waals surface area contributed by atoms with Crippen molar-refractivity contribution in [2.45, 2.75) is 31.1 Å². The van der Waals surface area contributed by atoms with Gasteiger partial charge in [-0.05, 0) is 43.3 Å². The molecule has 0 aliphatic rings. The number of hydrogen-bond donors (Lipinski definition) is 0. The number of nitrogens with zero attached hydrogens (tertiary/aromatic N) is 2. The number of benzene rings is 2. The van der Waals surface area contributed by atoms with Crippen molar-refractivity contribution in [1.82, 2.24) is 0 Å². The van der Waals surface area contributed by atoms with Crippen molar-refractivity contribution in [2.75, 3.05) is 6.61 Å². The first-order valence-corrected chi connectivity index (χ1v) is 8.00. The topological polar surface area (TPSA) is 34.0 Å². The van der Waals surface area contributed by atoms with E-state index >= 15 is 0 Å². The molecule has 0 unspecified atom stereocenters. The van der Waals surface area contributed by atoms with Crippen LogP contribution < -0.4 is 4.74 Å². The van der Waals surface area contributed by atoms with E-state index < -0.39 is 30.8 Å². The standard InChI is InChI=1S/C18H14F8N2O/c1-11-2-4-12(5-3-11)27-28-13-6-8-14(9-7-13)29-10-16(21,22)18(25,26)17(23,24)15(19)20/h2-9,15H,10H2,1H3. The zero-order valence-electron chi connectivity index (χ0n) is 14.7. The molecule has 2 aromatic carbocycles. The molecule has 29 heavy (non-hydrogen) atoms. The average molecular weight is 426 g/mol. The maximum absolute atomic E-state index is 13.4. The average Bonchev–Trinajstić information content (AvgIpc) is 2.66. The van der Waals surface area contributed by atoms with Crippen molar-refractivity contribution in [3.8, 4) is 5.75 Å². The van der Waals surface area contributed by atoms with Crippen LogP contribution >= 0.6 is 0 Å². The van der Waals surface area contributed by atoms with E-state index in [1.807, 2.05) is 6.92 Å². The molecule has 3 nitrogen and oxygen atoms in total. The van der Waals surface area contributed by atoms with Gasteiger partial charge in [0.15, 0.2) is 6.61 Å². The molecule has 0 saturated carbocycles. The van der Waals surface area contributed by atoms with Crippen LogP contribution in [0.2, 0.25) is 0 Å². The molecule has 0 aliphatic carbocycles. The third-order valence-corrected chi connectivity index (χ3v) is 3.72. The van der Waals surface area contributed by atoms with Crippen LogP contribution in [-0.4, -0.2) is 30.8 Å². The third-order valence-electron chi connectivity index (χ3n) is 3.72. The smallest absolute Gasteiger partial charge is 0.381 e. The molecule has 2 aromatic rings. The number of hydrogen-bond acceptors (Lipinski definition) is 3. The van der Waals surface area contributed by atoms with Crippen molar-refractivity contribution < 1.29 is 39.9 Å². The van der Waals surface area contributed by atoms with Crippen molar-refractivity contribution >= 4 is 11.4 Å². The van der Waals surface area contributed by atoms with E-state index in [2.05, 4.69) is 15.0 Å². The number of alkyl halides is 8. The van der Waals surface area contributed by atoms with E-state index in [9.17, 15) is 35.1 Å². The summed E-state index contributed by atoms with van der Waals surface area (Å²) in [4.78, 5) is 0. The molecule has 0 heterocycles. The molecule has 0 radical (unpaired) electrons. The minimum Gasteiger partial charge on any atom is -0.487 e. The Bertz CT molecular complexity index is 836. The van der Waals surface area contributed by atoms with Gasteiger partial charge >= 0.3 is 24.2 Å². The Labute approximate surface area is 160 Å². The molecule has 0 aliphatic heterocycles. The molecule has 0 bridgehead atoms. The van der Waals surface area contributed by atoms with Gasteiger partial charge in [-0.25, -0.2) is 8.78 Å². The van der Waals surface area contributed by atoms with Gasteiger partial charge in [-0.1, -0.05) is 17.7 Å². The number of aryl methyl sites for hydroxylation is 1. The monoisotopic (exact) mass is 426 g/mol. The van der Waals surface area contributed by atoms with E-state index in [0.717, 1.165) is 17.7 Å². The minimum absolute atomic E-state index is 0.263. The quantitative estimate of drug-likeness (QED) is 0.332. The highest BCUT2D eigenvalue weighted by Gasteiger charge is 2.75. The summed E-state index contributed by atoms with van der Waals surface area (Å²) in [5, 5.41) is 7.78. The van der Waals surface area contributed by atoms with E-state index in [4.69, 9.17) is 0 Å². The summed E-state index contributed by atoms with van der Waals surface area (Å²) in [7, 11) is 0. The van der Waals surface area contributed by atoms with Crippen molar-refractivity contribution in [3.63, 3.8) is 0 Å². The third kappa shape index (κ3) is 5.01. The number of rotatable bonds is 8. The first kappa shape index (κ1) is 22.6. The minimum atomic E-state index is -6.31. The first-order chi connectivity index (χ1) is 13.4. The SMILES string of the molecule is Cc1ccc(N=Nc2ccc(OCC(F)(F)C(F)(F)C(F)(F)C(F)F)cc2)cc1. The second-order valence-corrected chi connectivity index (χ2v) is 6.02. The predicted molar refractivity (Wildman–Crippen MR) is 88.1 cm³/mol. The summed E-state index contributed by atoms with van der Waals surface area (Å²) in [6.45, 7) is -0.347. The Kier molecular flexibility index (Phi) is 6.49. The molecule has 11 heteroatoms. The van der Waals surface area contributed by atoms with Gasteiger partial charge in [0, 0.05) is 0 Å². The van der Waals surface area contributed by atoms with E-state index in [-0.39, 0.29) is 11.4 Å². The van der Waals surface area contributed by atoms with Gasteiger partial charge in [-0.3, -0.25) is 0 Å². The Morgan fingerprint density at radius 2 is 1.24 bits per heavy atom. The molecule has 0 fully saturated rings. The molecular weight excluding hydrogens is 412 g/mol. The fourth-order valence-corrected chi connectivity index (χ4v) is 1.98. The maximum Gasteiger partial charge on any atom is 0.381 e. The number of ether oxygens (including phenoxy) is 1. The van der Waals surface area contributed by atoms with Gasteiger partial charge in [0.1, 0.15) is 5.75 Å². The van der Waals surface area contributed by atoms with Crippen LogP contribution in [0.1, 0.15) is 5.56 Å². The van der Waals surface area contributed by atoms with Gasteiger partial charge in [-0.2, -0.15) is 36.6 Å². The number of halogens is 8. The Morgan fingerprint density at radius 3 is 1.69 bits per heavy atom. The molecular formula is C18H14F8N2O. The Balaban J connectivity index is 2.03. The van der Waals surface area contributed by atoms with Gasteiger partial charge in [0.05, 0.1) is 11.4 Å². The lowest BCUT2D eigenvalue weighted by molar-refractivity contribution is -0.342. The molecule has 0 saturated heterocycles. The molecule has 0 N–H and O–H groups in total. The van der Waals surface area contributed by atoms with Crippen molar-refractivity contribution in [1.29, 1.82) is 0 Å². The zero-order chi connectivity index (χ0) is 21.9. The van der Waals surface area contributed by atoms with Gasteiger partial charge < -0.3 is 4.74 Å². The summed E-state index contributed by atoms with van der Waals surface area (Å²) in [5.41, 5.74) is 1.82. The van der Waals surface area contributed by atoms with Crippen LogP contribution in [-0.2, 0) is 0 Å². The maximum atomic E-state index is 13.4. The molecule has 158 valence electrons. The summed E-state index contributed by atoms with van der Waals surface area (Å²) >= 11 is 0. The normalized spacial score (nSPS) is 13.3. The first-order valence-electron chi connectivity index (χ1n) is 8.00. The van der Waals surface area contributed by atoms with Crippen LogP contribution in [0.4, 0.5) is 46.5 Å². The largest absolute Gasteiger partial charge is 0.487 e. The van der Waals surface area contributed by atoms with E-state index in [1.54, 1.807) is 24.3 Å². The molecule has 0 spiro atoms. The number of azo groups is 1. The summed E-state index contributed by atoms with van der Waals surface area (Å²) < 4.78 is 107. The fraction of sp³-hybridized carbons (Fsp3) is 0.333. The van der Waals surface area contributed by atoms with E-state index in [1.165, 1.54) is 12.1 Å². The van der Waals surface area contributed by atoms with Crippen LogP contribution in [0.25, 0.3) is 0 Å². The van der Waals surface area contributed by atoms with Crippen LogP contribution in [0.5, 0.6) is 5.75 Å². The molecule has 0 amide bonds. The Hall–Kier alpha value is -2.72. The molecule has 0 atom stereocenters. The highest BCUT2D eigenvalue weighted by atomic mass is 19.4. The van der Waals surface area contributed by atoms with Crippen molar-refractivity contribution in [3.05, 3.63) is 54.1 Å². The summed E-state index contributed by atoms with van der Waals surface area (Å²) in [6, 6.07) is 11.6.